The molecule has 0 radical (unpaired) electrons. The first-order valence-electron chi connectivity index (χ1n) is 5.43. The van der Waals surface area contributed by atoms with Gasteiger partial charge in [0.1, 0.15) is 0 Å². The summed E-state index contributed by atoms with van der Waals surface area (Å²) in [4.78, 5) is 1.41. The first kappa shape index (κ1) is 11.1. The Bertz CT molecular complexity index is 307. The smallest absolute Gasteiger partial charge is 0.0652 e. The second-order valence-corrected chi connectivity index (χ2v) is 5.83. The molecular formula is C12H19NOS. The highest BCUT2D eigenvalue weighted by atomic mass is 32.1. The average molecular weight is 225 g/mol. The third kappa shape index (κ3) is 2.10. The van der Waals surface area contributed by atoms with Crippen LogP contribution in [0.5, 0.6) is 0 Å². The Kier molecular flexibility index (Phi) is 3.14. The number of rotatable bonds is 4. The highest BCUT2D eigenvalue weighted by Crippen LogP contribution is 2.42. The van der Waals surface area contributed by atoms with E-state index in [1.165, 1.54) is 4.88 Å². The van der Waals surface area contributed by atoms with Gasteiger partial charge in [-0.15, -0.1) is 11.3 Å². The van der Waals surface area contributed by atoms with E-state index >= 15 is 0 Å². The van der Waals surface area contributed by atoms with Crippen molar-refractivity contribution in [1.29, 1.82) is 0 Å². The maximum absolute atomic E-state index is 5.43. The Morgan fingerprint density at radius 2 is 2.40 bits per heavy atom. The summed E-state index contributed by atoms with van der Waals surface area (Å²) in [5, 5.41) is 5.73. The van der Waals surface area contributed by atoms with Gasteiger partial charge in [0.2, 0.25) is 0 Å². The molecule has 2 unspecified atom stereocenters. The average Bonchev–Trinajstić information content (AvgIpc) is 2.69. The maximum Gasteiger partial charge on any atom is 0.0652 e. The number of hydrogen-bond donors (Lipinski definition) is 1. The monoisotopic (exact) mass is 225 g/mol. The van der Waals surface area contributed by atoms with Gasteiger partial charge >= 0.3 is 0 Å². The molecule has 0 saturated heterocycles. The SMILES string of the molecule is COC1CC(NCc2cccs2)C1(C)C. The van der Waals surface area contributed by atoms with Crippen molar-refractivity contribution < 1.29 is 4.74 Å². The number of thiophene rings is 1. The van der Waals surface area contributed by atoms with Gasteiger partial charge in [-0.3, -0.25) is 0 Å². The second-order valence-electron chi connectivity index (χ2n) is 4.79. The number of nitrogens with one attached hydrogen (secondary N) is 1. The van der Waals surface area contributed by atoms with Gasteiger partial charge in [-0.2, -0.15) is 0 Å². The van der Waals surface area contributed by atoms with Crippen LogP contribution in [0.3, 0.4) is 0 Å². The predicted octanol–water partition coefficient (Wildman–Crippen LogP) is 2.65. The van der Waals surface area contributed by atoms with Crippen molar-refractivity contribution >= 4 is 11.3 Å². The van der Waals surface area contributed by atoms with Gasteiger partial charge in [0, 0.05) is 30.0 Å². The molecule has 1 fully saturated rings. The number of methoxy groups -OCH3 is 1. The van der Waals surface area contributed by atoms with E-state index in [-0.39, 0.29) is 5.41 Å². The Labute approximate surface area is 95.6 Å². The van der Waals surface area contributed by atoms with Crippen LogP contribution in [0.1, 0.15) is 25.1 Å². The summed E-state index contributed by atoms with van der Waals surface area (Å²) in [7, 11) is 1.81. The Morgan fingerprint density at radius 1 is 1.60 bits per heavy atom. The standard InChI is InChI=1S/C12H19NOS/c1-12(2)10(7-11(12)14-3)13-8-9-5-4-6-15-9/h4-6,10-11,13H,7-8H2,1-3H3. The fourth-order valence-corrected chi connectivity index (χ4v) is 2.92. The third-order valence-corrected chi connectivity index (χ3v) is 4.44. The second kappa shape index (κ2) is 4.24. The molecule has 84 valence electrons. The van der Waals surface area contributed by atoms with Crippen LogP contribution < -0.4 is 5.32 Å². The van der Waals surface area contributed by atoms with Crippen molar-refractivity contribution in [3.05, 3.63) is 22.4 Å². The van der Waals surface area contributed by atoms with Crippen molar-refractivity contribution in [1.82, 2.24) is 5.32 Å². The van der Waals surface area contributed by atoms with E-state index in [2.05, 4.69) is 36.7 Å². The molecule has 15 heavy (non-hydrogen) atoms. The summed E-state index contributed by atoms with van der Waals surface area (Å²) >= 11 is 1.81. The zero-order chi connectivity index (χ0) is 10.9. The zero-order valence-corrected chi connectivity index (χ0v) is 10.4. The van der Waals surface area contributed by atoms with Gasteiger partial charge in [0.05, 0.1) is 6.10 Å². The summed E-state index contributed by atoms with van der Waals surface area (Å²) in [6.45, 7) is 5.54. The van der Waals surface area contributed by atoms with E-state index in [0.717, 1.165) is 13.0 Å². The molecule has 2 nitrogen and oxygen atoms in total. The molecule has 0 aliphatic heterocycles. The van der Waals surface area contributed by atoms with E-state index in [9.17, 15) is 0 Å². The highest BCUT2D eigenvalue weighted by Gasteiger charge is 2.48. The Morgan fingerprint density at radius 3 is 2.93 bits per heavy atom. The van der Waals surface area contributed by atoms with Crippen LogP contribution >= 0.6 is 11.3 Å². The molecule has 1 saturated carbocycles. The van der Waals surface area contributed by atoms with E-state index in [1.54, 1.807) is 0 Å². The van der Waals surface area contributed by atoms with E-state index in [1.807, 2.05) is 18.4 Å². The van der Waals surface area contributed by atoms with E-state index in [4.69, 9.17) is 4.74 Å². The van der Waals surface area contributed by atoms with Gasteiger partial charge < -0.3 is 10.1 Å². The highest BCUT2D eigenvalue weighted by molar-refractivity contribution is 7.09. The molecule has 1 aromatic heterocycles. The lowest BCUT2D eigenvalue weighted by Crippen LogP contribution is -2.60. The Hall–Kier alpha value is -0.380. The van der Waals surface area contributed by atoms with Gasteiger partial charge in [-0.1, -0.05) is 19.9 Å². The van der Waals surface area contributed by atoms with Gasteiger partial charge in [0.15, 0.2) is 0 Å². The van der Waals surface area contributed by atoms with Crippen molar-refractivity contribution in [2.75, 3.05) is 7.11 Å². The van der Waals surface area contributed by atoms with Crippen LogP contribution in [0.2, 0.25) is 0 Å². The molecule has 0 bridgehead atoms. The summed E-state index contributed by atoms with van der Waals surface area (Å²) in [5.74, 6) is 0. The minimum Gasteiger partial charge on any atom is -0.381 e. The minimum absolute atomic E-state index is 0.270. The van der Waals surface area contributed by atoms with Crippen molar-refractivity contribution in [3.8, 4) is 0 Å². The minimum atomic E-state index is 0.270. The van der Waals surface area contributed by atoms with Crippen LogP contribution in [0.4, 0.5) is 0 Å². The number of hydrogen-bond acceptors (Lipinski definition) is 3. The zero-order valence-electron chi connectivity index (χ0n) is 9.62. The third-order valence-electron chi connectivity index (χ3n) is 3.57. The van der Waals surface area contributed by atoms with Crippen molar-refractivity contribution in [2.24, 2.45) is 5.41 Å². The van der Waals surface area contributed by atoms with Crippen LogP contribution in [0.25, 0.3) is 0 Å². The van der Waals surface area contributed by atoms with E-state index in [0.29, 0.717) is 12.1 Å². The van der Waals surface area contributed by atoms with Crippen LogP contribution in [0.15, 0.2) is 17.5 Å². The van der Waals surface area contributed by atoms with Crippen molar-refractivity contribution in [2.45, 2.75) is 39.0 Å². The molecule has 1 N–H and O–H groups in total. The predicted molar refractivity (Wildman–Crippen MR) is 64.1 cm³/mol. The first-order valence-corrected chi connectivity index (χ1v) is 6.31. The summed E-state index contributed by atoms with van der Waals surface area (Å²) in [6.07, 6.45) is 1.55. The molecule has 1 aromatic rings. The topological polar surface area (TPSA) is 21.3 Å². The summed E-state index contributed by atoms with van der Waals surface area (Å²) in [6, 6.07) is 4.87. The maximum atomic E-state index is 5.43. The molecular weight excluding hydrogens is 206 g/mol. The quantitative estimate of drug-likeness (QED) is 0.850. The number of ether oxygens (including phenoxy) is 1. The molecule has 2 rings (SSSR count). The molecule has 3 heteroatoms. The summed E-state index contributed by atoms with van der Waals surface area (Å²) in [5.41, 5.74) is 0.270. The molecule has 1 aliphatic rings. The molecule has 1 heterocycles. The van der Waals surface area contributed by atoms with Crippen LogP contribution in [-0.2, 0) is 11.3 Å². The van der Waals surface area contributed by atoms with Crippen LogP contribution in [-0.4, -0.2) is 19.3 Å². The molecule has 0 amide bonds. The molecule has 0 aromatic carbocycles. The lowest BCUT2D eigenvalue weighted by atomic mass is 9.64. The van der Waals surface area contributed by atoms with Gasteiger partial charge in [0.25, 0.3) is 0 Å². The fourth-order valence-electron chi connectivity index (χ4n) is 2.27. The molecule has 1 aliphatic carbocycles. The van der Waals surface area contributed by atoms with Crippen LogP contribution in [0, 0.1) is 5.41 Å². The van der Waals surface area contributed by atoms with Crippen molar-refractivity contribution in [3.63, 3.8) is 0 Å². The normalized spacial score (nSPS) is 28.7. The summed E-state index contributed by atoms with van der Waals surface area (Å²) < 4.78 is 5.43. The fraction of sp³-hybridized carbons (Fsp3) is 0.667. The molecule has 2 atom stereocenters. The lowest BCUT2D eigenvalue weighted by Gasteiger charge is -2.51. The van der Waals surface area contributed by atoms with Gasteiger partial charge in [-0.05, 0) is 17.9 Å². The van der Waals surface area contributed by atoms with E-state index < -0.39 is 0 Å². The van der Waals surface area contributed by atoms with Gasteiger partial charge in [-0.25, -0.2) is 0 Å². The first-order chi connectivity index (χ1) is 7.14. The molecule has 0 spiro atoms. The lowest BCUT2D eigenvalue weighted by molar-refractivity contribution is -0.0978. The Balaban J connectivity index is 1.83. The largest absolute Gasteiger partial charge is 0.381 e.